The van der Waals surface area contributed by atoms with E-state index in [9.17, 15) is 4.39 Å². The van der Waals surface area contributed by atoms with Crippen molar-refractivity contribution in [2.75, 3.05) is 0 Å². The van der Waals surface area contributed by atoms with E-state index >= 15 is 0 Å². The zero-order valence-electron chi connectivity index (χ0n) is 11.5. The first kappa shape index (κ1) is 12.6. The summed E-state index contributed by atoms with van der Waals surface area (Å²) in [6.07, 6.45) is 0. The lowest BCUT2D eigenvalue weighted by atomic mass is 10.0. The van der Waals surface area contributed by atoms with Gasteiger partial charge in [0.1, 0.15) is 5.82 Å². The molecule has 0 spiro atoms. The van der Waals surface area contributed by atoms with Crippen molar-refractivity contribution in [3.8, 4) is 22.5 Å². The van der Waals surface area contributed by atoms with Crippen molar-refractivity contribution in [2.45, 2.75) is 6.92 Å². The van der Waals surface area contributed by atoms with Crippen LogP contribution in [0.4, 0.5) is 4.39 Å². The van der Waals surface area contributed by atoms with Crippen LogP contribution in [-0.2, 0) is 7.05 Å². The Morgan fingerprint density at radius 1 is 1.00 bits per heavy atom. The topological polar surface area (TPSA) is 17.8 Å². The van der Waals surface area contributed by atoms with Crippen LogP contribution in [-0.4, -0.2) is 9.78 Å². The molecule has 1 heterocycles. The average molecular weight is 266 g/mol. The summed E-state index contributed by atoms with van der Waals surface area (Å²) in [6, 6.07) is 16.7. The minimum Gasteiger partial charge on any atom is -0.267 e. The number of nitrogens with zero attached hydrogens (tertiary/aromatic N) is 2. The minimum absolute atomic E-state index is 0.227. The number of rotatable bonds is 2. The predicted molar refractivity (Wildman–Crippen MR) is 78.8 cm³/mol. The second-order valence-corrected chi connectivity index (χ2v) is 4.86. The molecule has 0 aliphatic carbocycles. The van der Waals surface area contributed by atoms with Gasteiger partial charge in [0.15, 0.2) is 0 Å². The molecule has 0 saturated carbocycles. The first-order valence-corrected chi connectivity index (χ1v) is 6.51. The molecular weight excluding hydrogens is 251 g/mol. The molecule has 0 amide bonds. The molecule has 0 N–H and O–H groups in total. The summed E-state index contributed by atoms with van der Waals surface area (Å²) in [5, 5.41) is 4.56. The standard InChI is InChI=1S/C17H15FN2/c1-12-5-3-4-6-15(12)16-11-17(20(2)19-16)13-7-9-14(18)10-8-13/h3-11H,1-2H3. The molecule has 0 unspecified atom stereocenters. The minimum atomic E-state index is -0.227. The lowest BCUT2D eigenvalue weighted by molar-refractivity contribution is 0.628. The molecule has 3 rings (SSSR count). The maximum Gasteiger partial charge on any atom is 0.123 e. The Morgan fingerprint density at radius 2 is 1.70 bits per heavy atom. The van der Waals surface area contributed by atoms with Gasteiger partial charge in [-0.05, 0) is 48.4 Å². The molecule has 0 radical (unpaired) electrons. The number of aromatic nitrogens is 2. The molecule has 3 aromatic rings. The van der Waals surface area contributed by atoms with Gasteiger partial charge in [-0.1, -0.05) is 24.3 Å². The molecule has 0 atom stereocenters. The number of halogens is 1. The Labute approximate surface area is 117 Å². The third-order valence-corrected chi connectivity index (χ3v) is 3.44. The summed E-state index contributed by atoms with van der Waals surface area (Å²) in [5.74, 6) is -0.227. The van der Waals surface area contributed by atoms with E-state index in [2.05, 4.69) is 24.2 Å². The van der Waals surface area contributed by atoms with E-state index < -0.39 is 0 Å². The Morgan fingerprint density at radius 3 is 2.40 bits per heavy atom. The number of aryl methyl sites for hydroxylation is 2. The van der Waals surface area contributed by atoms with Crippen LogP contribution in [0, 0.1) is 12.7 Å². The molecule has 3 heteroatoms. The fraction of sp³-hybridized carbons (Fsp3) is 0.118. The molecule has 1 aromatic heterocycles. The van der Waals surface area contributed by atoms with E-state index in [-0.39, 0.29) is 5.82 Å². The number of hydrogen-bond donors (Lipinski definition) is 0. The van der Waals surface area contributed by atoms with Gasteiger partial charge in [-0.15, -0.1) is 0 Å². The normalized spacial score (nSPS) is 10.8. The van der Waals surface area contributed by atoms with Gasteiger partial charge in [0.25, 0.3) is 0 Å². The van der Waals surface area contributed by atoms with Crippen LogP contribution in [0.25, 0.3) is 22.5 Å². The van der Waals surface area contributed by atoms with Crippen LogP contribution in [0.15, 0.2) is 54.6 Å². The first-order valence-electron chi connectivity index (χ1n) is 6.51. The summed E-state index contributed by atoms with van der Waals surface area (Å²) >= 11 is 0. The molecule has 0 bridgehead atoms. The second kappa shape index (κ2) is 4.93. The molecule has 20 heavy (non-hydrogen) atoms. The van der Waals surface area contributed by atoms with E-state index in [0.717, 1.165) is 22.5 Å². The summed E-state index contributed by atoms with van der Waals surface area (Å²) < 4.78 is 14.8. The van der Waals surface area contributed by atoms with Gasteiger partial charge < -0.3 is 0 Å². The smallest absolute Gasteiger partial charge is 0.123 e. The third kappa shape index (κ3) is 2.23. The highest BCUT2D eigenvalue weighted by Gasteiger charge is 2.10. The van der Waals surface area contributed by atoms with E-state index in [4.69, 9.17) is 0 Å². The summed E-state index contributed by atoms with van der Waals surface area (Å²) in [4.78, 5) is 0. The van der Waals surface area contributed by atoms with E-state index in [1.165, 1.54) is 17.7 Å². The number of benzene rings is 2. The number of hydrogen-bond acceptors (Lipinski definition) is 1. The SMILES string of the molecule is Cc1ccccc1-c1cc(-c2ccc(F)cc2)n(C)n1. The zero-order chi connectivity index (χ0) is 14.1. The largest absolute Gasteiger partial charge is 0.267 e. The van der Waals surface area contributed by atoms with Gasteiger partial charge in [-0.25, -0.2) is 4.39 Å². The lowest BCUT2D eigenvalue weighted by Crippen LogP contribution is -1.94. The van der Waals surface area contributed by atoms with Gasteiger partial charge in [-0.3, -0.25) is 4.68 Å². The van der Waals surface area contributed by atoms with Crippen molar-refractivity contribution in [1.29, 1.82) is 0 Å². The Kier molecular flexibility index (Phi) is 3.11. The highest BCUT2D eigenvalue weighted by molar-refractivity contribution is 5.70. The van der Waals surface area contributed by atoms with Crippen molar-refractivity contribution < 1.29 is 4.39 Å². The van der Waals surface area contributed by atoms with Crippen molar-refractivity contribution >= 4 is 0 Å². The molecule has 2 aromatic carbocycles. The summed E-state index contributed by atoms with van der Waals surface area (Å²) in [6.45, 7) is 2.07. The van der Waals surface area contributed by atoms with Gasteiger partial charge in [0.05, 0.1) is 11.4 Å². The second-order valence-electron chi connectivity index (χ2n) is 4.86. The third-order valence-electron chi connectivity index (χ3n) is 3.44. The van der Waals surface area contributed by atoms with Crippen molar-refractivity contribution in [3.63, 3.8) is 0 Å². The average Bonchev–Trinajstić information content (AvgIpc) is 2.82. The van der Waals surface area contributed by atoms with Gasteiger partial charge >= 0.3 is 0 Å². The Bertz CT molecular complexity index is 742. The maximum atomic E-state index is 13.0. The van der Waals surface area contributed by atoms with Gasteiger partial charge in [0.2, 0.25) is 0 Å². The molecule has 100 valence electrons. The molecule has 0 aliphatic rings. The van der Waals surface area contributed by atoms with E-state index in [1.807, 2.05) is 29.9 Å². The van der Waals surface area contributed by atoms with Crippen LogP contribution in [0.2, 0.25) is 0 Å². The van der Waals surface area contributed by atoms with Crippen LogP contribution in [0.1, 0.15) is 5.56 Å². The molecule has 0 fully saturated rings. The quantitative estimate of drug-likeness (QED) is 0.679. The molecule has 2 nitrogen and oxygen atoms in total. The fourth-order valence-corrected chi connectivity index (χ4v) is 2.35. The van der Waals surface area contributed by atoms with Crippen molar-refractivity contribution in [3.05, 3.63) is 66.0 Å². The summed E-state index contributed by atoms with van der Waals surface area (Å²) in [5.41, 5.74) is 5.18. The van der Waals surface area contributed by atoms with Crippen molar-refractivity contribution in [1.82, 2.24) is 9.78 Å². The predicted octanol–water partition coefficient (Wildman–Crippen LogP) is 4.20. The molecule has 0 aliphatic heterocycles. The van der Waals surface area contributed by atoms with Crippen LogP contribution >= 0.6 is 0 Å². The van der Waals surface area contributed by atoms with E-state index in [0.29, 0.717) is 0 Å². The van der Waals surface area contributed by atoms with Crippen molar-refractivity contribution in [2.24, 2.45) is 7.05 Å². The van der Waals surface area contributed by atoms with E-state index in [1.54, 1.807) is 12.1 Å². The lowest BCUT2D eigenvalue weighted by Gasteiger charge is -2.00. The fourth-order valence-electron chi connectivity index (χ4n) is 2.35. The monoisotopic (exact) mass is 266 g/mol. The Hall–Kier alpha value is -2.42. The zero-order valence-corrected chi connectivity index (χ0v) is 11.5. The summed E-state index contributed by atoms with van der Waals surface area (Å²) in [7, 11) is 1.90. The Balaban J connectivity index is 2.08. The molecular formula is C17H15FN2. The van der Waals surface area contributed by atoms with Crippen LogP contribution < -0.4 is 0 Å². The molecule has 0 saturated heterocycles. The van der Waals surface area contributed by atoms with Crippen LogP contribution in [0.3, 0.4) is 0 Å². The maximum absolute atomic E-state index is 13.0. The first-order chi connectivity index (χ1) is 9.65. The highest BCUT2D eigenvalue weighted by Crippen LogP contribution is 2.27. The highest BCUT2D eigenvalue weighted by atomic mass is 19.1. The van der Waals surface area contributed by atoms with Gasteiger partial charge in [0, 0.05) is 12.6 Å². The van der Waals surface area contributed by atoms with Crippen LogP contribution in [0.5, 0.6) is 0 Å². The van der Waals surface area contributed by atoms with Gasteiger partial charge in [-0.2, -0.15) is 5.10 Å².